The lowest BCUT2D eigenvalue weighted by molar-refractivity contribution is -0.177. The van der Waals surface area contributed by atoms with E-state index in [0.717, 1.165) is 5.56 Å². The van der Waals surface area contributed by atoms with E-state index in [2.05, 4.69) is 20.0 Å². The van der Waals surface area contributed by atoms with Crippen molar-refractivity contribution >= 4 is 0 Å². The maximum absolute atomic E-state index is 11.9. The van der Waals surface area contributed by atoms with Crippen molar-refractivity contribution in [1.29, 1.82) is 0 Å². The molecule has 1 aromatic heterocycles. The predicted molar refractivity (Wildman–Crippen MR) is 64.3 cm³/mol. The summed E-state index contributed by atoms with van der Waals surface area (Å²) in [6.45, 7) is 5.18. The van der Waals surface area contributed by atoms with E-state index in [4.69, 9.17) is 0 Å². The van der Waals surface area contributed by atoms with Crippen molar-refractivity contribution in [3.63, 3.8) is 0 Å². The molecule has 1 N–H and O–H groups in total. The van der Waals surface area contributed by atoms with Crippen LogP contribution in [0.4, 0.5) is 13.2 Å². The molecule has 0 atom stereocenters. The maximum atomic E-state index is 11.9. The average molecular weight is 277 g/mol. The molecule has 19 heavy (non-hydrogen) atoms. The summed E-state index contributed by atoms with van der Waals surface area (Å²) in [5.74, 6) is 0.240. The molecular weight excluding hydrogens is 259 g/mol. The van der Waals surface area contributed by atoms with E-state index in [0.29, 0.717) is 6.54 Å². The molecule has 0 spiro atoms. The molecule has 0 unspecified atom stereocenters. The zero-order valence-electron chi connectivity index (χ0n) is 11.2. The quantitative estimate of drug-likeness (QED) is 0.898. The van der Waals surface area contributed by atoms with Gasteiger partial charge in [-0.2, -0.15) is 13.2 Å². The van der Waals surface area contributed by atoms with Crippen LogP contribution in [-0.4, -0.2) is 28.3 Å². The Morgan fingerprint density at radius 2 is 1.74 bits per heavy atom. The van der Waals surface area contributed by atoms with Crippen molar-refractivity contribution in [2.24, 2.45) is 0 Å². The first-order valence-electron chi connectivity index (χ1n) is 5.85. The molecule has 108 valence electrons. The first kappa shape index (κ1) is 15.8. The first-order chi connectivity index (χ1) is 8.66. The molecule has 0 saturated heterocycles. The van der Waals surface area contributed by atoms with Crippen LogP contribution in [0.3, 0.4) is 0 Å². The summed E-state index contributed by atoms with van der Waals surface area (Å²) in [7, 11) is 0. The number of hydrogen-bond acceptors (Lipinski definition) is 4. The number of ether oxygens (including phenoxy) is 1. The summed E-state index contributed by atoms with van der Waals surface area (Å²) in [4.78, 5) is 7.91. The highest BCUT2D eigenvalue weighted by Crippen LogP contribution is 2.15. The second-order valence-corrected chi connectivity index (χ2v) is 5.22. The summed E-state index contributed by atoms with van der Waals surface area (Å²) in [5.41, 5.74) is 0.851. The van der Waals surface area contributed by atoms with Crippen LogP contribution in [-0.2, 0) is 17.9 Å². The molecule has 0 radical (unpaired) electrons. The third kappa shape index (κ3) is 7.74. The zero-order valence-corrected chi connectivity index (χ0v) is 11.2. The lowest BCUT2D eigenvalue weighted by atomic mass is 10.1. The van der Waals surface area contributed by atoms with Crippen molar-refractivity contribution in [3.05, 3.63) is 23.8 Å². The second-order valence-electron chi connectivity index (χ2n) is 5.22. The van der Waals surface area contributed by atoms with Gasteiger partial charge in [0, 0.05) is 30.0 Å². The SMILES string of the molecule is CC(C)(C)NCc1cnc(COCC(F)(F)F)nc1. The van der Waals surface area contributed by atoms with Gasteiger partial charge in [0.1, 0.15) is 13.2 Å². The van der Waals surface area contributed by atoms with Crippen molar-refractivity contribution in [2.75, 3.05) is 6.61 Å². The monoisotopic (exact) mass is 277 g/mol. The van der Waals surface area contributed by atoms with E-state index in [1.54, 1.807) is 12.4 Å². The smallest absolute Gasteiger partial charge is 0.364 e. The highest BCUT2D eigenvalue weighted by atomic mass is 19.4. The number of hydrogen-bond donors (Lipinski definition) is 1. The van der Waals surface area contributed by atoms with E-state index in [1.165, 1.54) is 0 Å². The fourth-order valence-electron chi connectivity index (χ4n) is 1.17. The van der Waals surface area contributed by atoms with Gasteiger partial charge in [-0.15, -0.1) is 0 Å². The van der Waals surface area contributed by atoms with E-state index in [1.807, 2.05) is 20.8 Å². The molecule has 0 fully saturated rings. The molecular formula is C12H18F3N3O. The van der Waals surface area contributed by atoms with Gasteiger partial charge in [-0.25, -0.2) is 9.97 Å². The Morgan fingerprint density at radius 1 is 1.16 bits per heavy atom. The molecule has 1 heterocycles. The highest BCUT2D eigenvalue weighted by molar-refractivity contribution is 5.05. The molecule has 7 heteroatoms. The molecule has 0 amide bonds. The van der Waals surface area contributed by atoms with E-state index >= 15 is 0 Å². The summed E-state index contributed by atoms with van der Waals surface area (Å²) < 4.78 is 40.1. The van der Waals surface area contributed by atoms with Crippen LogP contribution in [0.5, 0.6) is 0 Å². The predicted octanol–water partition coefficient (Wildman–Crippen LogP) is 2.44. The van der Waals surface area contributed by atoms with Crippen molar-refractivity contribution < 1.29 is 17.9 Å². The van der Waals surface area contributed by atoms with Crippen LogP contribution in [0.2, 0.25) is 0 Å². The van der Waals surface area contributed by atoms with Crippen LogP contribution in [0, 0.1) is 0 Å². The van der Waals surface area contributed by atoms with Gasteiger partial charge < -0.3 is 10.1 Å². The third-order valence-corrected chi connectivity index (χ3v) is 2.08. The fraction of sp³-hybridized carbons (Fsp3) is 0.667. The molecule has 4 nitrogen and oxygen atoms in total. The molecule has 0 aliphatic rings. The highest BCUT2D eigenvalue weighted by Gasteiger charge is 2.27. The standard InChI is InChI=1S/C12H18F3N3O/c1-11(2,3)18-6-9-4-16-10(17-5-9)7-19-8-12(13,14)15/h4-5,18H,6-8H2,1-3H3. The van der Waals surface area contributed by atoms with E-state index < -0.39 is 12.8 Å². The van der Waals surface area contributed by atoms with Gasteiger partial charge in [0.2, 0.25) is 0 Å². The number of alkyl halides is 3. The average Bonchev–Trinajstić information content (AvgIpc) is 2.25. The topological polar surface area (TPSA) is 47.0 Å². The number of rotatable bonds is 5. The molecule has 0 aromatic carbocycles. The Kier molecular flexibility index (Phi) is 5.25. The molecule has 0 aliphatic carbocycles. The maximum Gasteiger partial charge on any atom is 0.411 e. The lowest BCUT2D eigenvalue weighted by Gasteiger charge is -2.20. The van der Waals surface area contributed by atoms with Gasteiger partial charge in [0.05, 0.1) is 0 Å². The molecule has 0 aliphatic heterocycles. The summed E-state index contributed by atoms with van der Waals surface area (Å²) >= 11 is 0. The molecule has 0 bridgehead atoms. The van der Waals surface area contributed by atoms with Gasteiger partial charge in [-0.05, 0) is 20.8 Å². The first-order valence-corrected chi connectivity index (χ1v) is 5.85. The van der Waals surface area contributed by atoms with Gasteiger partial charge in [-0.1, -0.05) is 0 Å². The van der Waals surface area contributed by atoms with Crippen LogP contribution in [0.1, 0.15) is 32.2 Å². The van der Waals surface area contributed by atoms with Crippen LogP contribution in [0.25, 0.3) is 0 Å². The Hall–Kier alpha value is -1.21. The molecule has 0 saturated carbocycles. The third-order valence-electron chi connectivity index (χ3n) is 2.08. The minimum absolute atomic E-state index is 0.0194. The molecule has 1 aromatic rings. The molecule has 1 rings (SSSR count). The Bertz CT molecular complexity index is 385. The van der Waals surface area contributed by atoms with Gasteiger partial charge in [-0.3, -0.25) is 0 Å². The largest absolute Gasteiger partial charge is 0.411 e. The van der Waals surface area contributed by atoms with Crippen molar-refractivity contribution in [3.8, 4) is 0 Å². The number of halogens is 3. The minimum atomic E-state index is -4.32. The normalized spacial score (nSPS) is 12.7. The Balaban J connectivity index is 2.39. The Morgan fingerprint density at radius 3 is 2.21 bits per heavy atom. The van der Waals surface area contributed by atoms with E-state index in [9.17, 15) is 13.2 Å². The zero-order chi connectivity index (χ0) is 14.5. The van der Waals surface area contributed by atoms with Crippen LogP contribution < -0.4 is 5.32 Å². The van der Waals surface area contributed by atoms with Gasteiger partial charge >= 0.3 is 6.18 Å². The summed E-state index contributed by atoms with van der Waals surface area (Å²) in [6, 6.07) is 0. The number of nitrogens with zero attached hydrogens (tertiary/aromatic N) is 2. The van der Waals surface area contributed by atoms with E-state index in [-0.39, 0.29) is 18.0 Å². The summed E-state index contributed by atoms with van der Waals surface area (Å²) in [6.07, 6.45) is -1.16. The van der Waals surface area contributed by atoms with Crippen molar-refractivity contribution in [2.45, 2.75) is 45.6 Å². The number of nitrogens with one attached hydrogen (secondary N) is 1. The van der Waals surface area contributed by atoms with Crippen LogP contribution >= 0.6 is 0 Å². The Labute approximate surface area is 110 Å². The summed E-state index contributed by atoms with van der Waals surface area (Å²) in [5, 5.41) is 3.26. The second kappa shape index (κ2) is 6.29. The van der Waals surface area contributed by atoms with Crippen LogP contribution in [0.15, 0.2) is 12.4 Å². The fourth-order valence-corrected chi connectivity index (χ4v) is 1.17. The lowest BCUT2D eigenvalue weighted by Crippen LogP contribution is -2.35. The number of aromatic nitrogens is 2. The van der Waals surface area contributed by atoms with Crippen molar-refractivity contribution in [1.82, 2.24) is 15.3 Å². The van der Waals surface area contributed by atoms with Gasteiger partial charge in [0.25, 0.3) is 0 Å². The minimum Gasteiger partial charge on any atom is -0.364 e. The van der Waals surface area contributed by atoms with Gasteiger partial charge in [0.15, 0.2) is 5.82 Å².